The molecule has 1 amide bonds. The maximum Gasteiger partial charge on any atom is 0.271 e. The molecule has 0 unspecified atom stereocenters. The average molecular weight is 428 g/mol. The standard InChI is InChI=1S/C23H30FN5O2/c1-2-27-12-8-20-21(25-31)9-13-29(23(30)22(20)27)11-3-10-26-14-16-28(17-15-26)19-6-4-18(24)5-7-19/h4-8,12,31H,2-3,9-11,13-17H2,1H3. The van der Waals surface area contributed by atoms with E-state index in [2.05, 4.69) is 15.0 Å². The molecule has 0 saturated carbocycles. The van der Waals surface area contributed by atoms with Crippen molar-refractivity contribution in [2.75, 3.05) is 50.7 Å². The van der Waals surface area contributed by atoms with Crippen molar-refractivity contribution in [3.63, 3.8) is 0 Å². The van der Waals surface area contributed by atoms with Crippen molar-refractivity contribution in [1.82, 2.24) is 14.4 Å². The Morgan fingerprint density at radius 1 is 1.03 bits per heavy atom. The Bertz CT molecular complexity index is 932. The first kappa shape index (κ1) is 21.4. The second kappa shape index (κ2) is 9.51. The zero-order valence-electron chi connectivity index (χ0n) is 18.0. The van der Waals surface area contributed by atoms with Crippen molar-refractivity contribution in [3.8, 4) is 0 Å². The number of fused-ring (bicyclic) bond motifs is 1. The van der Waals surface area contributed by atoms with Gasteiger partial charge in [-0.25, -0.2) is 4.39 Å². The number of carbonyl (C=O) groups is 1. The Kier molecular flexibility index (Phi) is 6.56. The molecule has 1 N–H and O–H groups in total. The molecule has 1 aromatic carbocycles. The van der Waals surface area contributed by atoms with Gasteiger partial charge in [0.1, 0.15) is 11.5 Å². The van der Waals surface area contributed by atoms with Crippen LogP contribution in [-0.4, -0.2) is 77.0 Å². The minimum Gasteiger partial charge on any atom is -0.411 e. The van der Waals surface area contributed by atoms with Crippen molar-refractivity contribution in [1.29, 1.82) is 0 Å². The summed E-state index contributed by atoms with van der Waals surface area (Å²) in [6, 6.07) is 8.55. The fourth-order valence-corrected chi connectivity index (χ4v) is 4.52. The van der Waals surface area contributed by atoms with Crippen LogP contribution in [0.1, 0.15) is 35.8 Å². The monoisotopic (exact) mass is 427 g/mol. The Morgan fingerprint density at radius 2 is 1.77 bits per heavy atom. The van der Waals surface area contributed by atoms with Crippen molar-refractivity contribution in [2.24, 2.45) is 5.16 Å². The van der Waals surface area contributed by atoms with E-state index in [-0.39, 0.29) is 11.7 Å². The number of aromatic nitrogens is 1. The zero-order chi connectivity index (χ0) is 21.8. The quantitative estimate of drug-likeness (QED) is 0.569. The van der Waals surface area contributed by atoms with Crippen LogP contribution in [0.3, 0.4) is 0 Å². The van der Waals surface area contributed by atoms with Gasteiger partial charge >= 0.3 is 0 Å². The Balaban J connectivity index is 1.30. The fourth-order valence-electron chi connectivity index (χ4n) is 4.52. The van der Waals surface area contributed by atoms with Crippen LogP contribution in [0.2, 0.25) is 0 Å². The molecule has 7 nitrogen and oxygen atoms in total. The highest BCUT2D eigenvalue weighted by molar-refractivity contribution is 6.11. The lowest BCUT2D eigenvalue weighted by Crippen LogP contribution is -2.47. The maximum absolute atomic E-state index is 13.2. The van der Waals surface area contributed by atoms with Gasteiger partial charge in [0, 0.05) is 69.7 Å². The van der Waals surface area contributed by atoms with Gasteiger partial charge in [-0.3, -0.25) is 9.69 Å². The molecule has 8 heteroatoms. The van der Waals surface area contributed by atoms with Gasteiger partial charge in [0.2, 0.25) is 0 Å². The van der Waals surface area contributed by atoms with Crippen molar-refractivity contribution in [3.05, 3.63) is 53.6 Å². The van der Waals surface area contributed by atoms with Gasteiger partial charge < -0.3 is 19.6 Å². The van der Waals surface area contributed by atoms with E-state index in [1.165, 1.54) is 12.1 Å². The normalized spacial score (nSPS) is 19.0. The van der Waals surface area contributed by atoms with Gasteiger partial charge in [0.05, 0.1) is 5.71 Å². The largest absolute Gasteiger partial charge is 0.411 e. The van der Waals surface area contributed by atoms with Crippen LogP contribution in [-0.2, 0) is 6.54 Å². The number of rotatable bonds is 6. The Labute approximate surface area is 182 Å². The summed E-state index contributed by atoms with van der Waals surface area (Å²) < 4.78 is 15.1. The molecule has 0 atom stereocenters. The van der Waals surface area contributed by atoms with Crippen LogP contribution in [0.25, 0.3) is 0 Å². The minimum atomic E-state index is -0.207. The van der Waals surface area contributed by atoms with Crippen LogP contribution in [0.5, 0.6) is 0 Å². The van der Waals surface area contributed by atoms with E-state index in [0.717, 1.165) is 50.4 Å². The first-order chi connectivity index (χ1) is 15.1. The van der Waals surface area contributed by atoms with E-state index in [9.17, 15) is 14.4 Å². The summed E-state index contributed by atoms with van der Waals surface area (Å²) in [5.41, 5.74) is 3.01. The van der Waals surface area contributed by atoms with Crippen LogP contribution in [0, 0.1) is 5.82 Å². The number of piperazine rings is 1. The van der Waals surface area contributed by atoms with E-state index in [1.54, 1.807) is 0 Å². The molecule has 0 bridgehead atoms. The topological polar surface area (TPSA) is 64.3 Å². The molecule has 31 heavy (non-hydrogen) atoms. The second-order valence-electron chi connectivity index (χ2n) is 8.11. The summed E-state index contributed by atoms with van der Waals surface area (Å²) in [5.74, 6) is -0.192. The Morgan fingerprint density at radius 3 is 2.45 bits per heavy atom. The van der Waals surface area contributed by atoms with Gasteiger partial charge in [-0.15, -0.1) is 0 Å². The molecule has 3 heterocycles. The molecule has 1 fully saturated rings. The van der Waals surface area contributed by atoms with E-state index in [1.807, 2.05) is 40.8 Å². The number of hydrogen-bond donors (Lipinski definition) is 1. The lowest BCUT2D eigenvalue weighted by atomic mass is 10.1. The van der Waals surface area contributed by atoms with Crippen molar-refractivity contribution in [2.45, 2.75) is 26.3 Å². The summed E-state index contributed by atoms with van der Waals surface area (Å²) in [7, 11) is 0. The highest BCUT2D eigenvalue weighted by atomic mass is 19.1. The Hall–Kier alpha value is -2.87. The summed E-state index contributed by atoms with van der Waals surface area (Å²) in [4.78, 5) is 19.8. The SMILES string of the molecule is CCn1ccc2c1C(=O)N(CCCN1CCN(c3ccc(F)cc3)CC1)CCC2=NO. The number of amides is 1. The summed E-state index contributed by atoms with van der Waals surface area (Å²) in [6.45, 7) is 8.62. The maximum atomic E-state index is 13.2. The number of oxime groups is 1. The summed E-state index contributed by atoms with van der Waals surface area (Å²) in [5, 5.41) is 12.8. The summed E-state index contributed by atoms with van der Waals surface area (Å²) >= 11 is 0. The van der Waals surface area contributed by atoms with Crippen molar-refractivity contribution < 1.29 is 14.4 Å². The first-order valence-electron chi connectivity index (χ1n) is 11.0. The van der Waals surface area contributed by atoms with E-state index >= 15 is 0 Å². The van der Waals surface area contributed by atoms with E-state index in [4.69, 9.17) is 0 Å². The number of hydrogen-bond acceptors (Lipinski definition) is 5. The molecular weight excluding hydrogens is 397 g/mol. The molecule has 166 valence electrons. The van der Waals surface area contributed by atoms with Crippen molar-refractivity contribution >= 4 is 17.3 Å². The molecule has 4 rings (SSSR count). The molecule has 0 spiro atoms. The highest BCUT2D eigenvalue weighted by Crippen LogP contribution is 2.22. The molecule has 2 aliphatic heterocycles. The third-order valence-corrected chi connectivity index (χ3v) is 6.31. The van der Waals surface area contributed by atoms with Crippen LogP contribution < -0.4 is 4.90 Å². The van der Waals surface area contributed by atoms with E-state index < -0.39 is 0 Å². The number of aryl methyl sites for hydroxylation is 1. The predicted molar refractivity (Wildman–Crippen MR) is 119 cm³/mol. The van der Waals surface area contributed by atoms with Crippen LogP contribution in [0.15, 0.2) is 41.7 Å². The molecule has 2 aliphatic rings. The third-order valence-electron chi connectivity index (χ3n) is 6.31. The van der Waals surface area contributed by atoms with Crippen LogP contribution in [0.4, 0.5) is 10.1 Å². The van der Waals surface area contributed by atoms with Gasteiger partial charge in [-0.2, -0.15) is 0 Å². The van der Waals surface area contributed by atoms with Crippen LogP contribution >= 0.6 is 0 Å². The fraction of sp³-hybridized carbons (Fsp3) is 0.478. The average Bonchev–Trinajstić information content (AvgIpc) is 3.17. The van der Waals surface area contributed by atoms with Gasteiger partial charge in [0.15, 0.2) is 0 Å². The number of carbonyl (C=O) groups excluding carboxylic acids is 1. The molecule has 0 radical (unpaired) electrons. The predicted octanol–water partition coefficient (Wildman–Crippen LogP) is 2.88. The van der Waals surface area contributed by atoms with Gasteiger partial charge in [0.25, 0.3) is 5.91 Å². The minimum absolute atomic E-state index is 0.0154. The highest BCUT2D eigenvalue weighted by Gasteiger charge is 2.29. The molecule has 2 aromatic rings. The number of nitrogens with zero attached hydrogens (tertiary/aromatic N) is 5. The molecule has 1 aromatic heterocycles. The molecule has 0 aliphatic carbocycles. The smallest absolute Gasteiger partial charge is 0.271 e. The lowest BCUT2D eigenvalue weighted by molar-refractivity contribution is 0.0744. The second-order valence-corrected chi connectivity index (χ2v) is 8.11. The lowest BCUT2D eigenvalue weighted by Gasteiger charge is -2.36. The number of benzene rings is 1. The number of anilines is 1. The molecule has 1 saturated heterocycles. The van der Waals surface area contributed by atoms with Gasteiger partial charge in [-0.1, -0.05) is 5.16 Å². The summed E-state index contributed by atoms with van der Waals surface area (Å²) in [6.07, 6.45) is 3.34. The van der Waals surface area contributed by atoms with E-state index in [0.29, 0.717) is 37.5 Å². The third kappa shape index (κ3) is 4.58. The zero-order valence-corrected chi connectivity index (χ0v) is 18.0. The van der Waals surface area contributed by atoms with Gasteiger partial charge in [-0.05, 0) is 50.2 Å². The number of halogens is 1. The molecular formula is C23H30FN5O2. The first-order valence-corrected chi connectivity index (χ1v) is 11.0.